The molecule has 0 fully saturated rings. The van der Waals surface area contributed by atoms with Gasteiger partial charge in [0.15, 0.2) is 0 Å². The number of rotatable bonds is 1. The molecule has 1 aliphatic heterocycles. The van der Waals surface area contributed by atoms with E-state index in [0.29, 0.717) is 5.90 Å². The molecule has 0 bridgehead atoms. The Morgan fingerprint density at radius 2 is 1.86 bits per heavy atom. The number of nitrogens with zero attached hydrogens (tertiary/aromatic N) is 1. The van der Waals surface area contributed by atoms with Crippen LogP contribution in [0.2, 0.25) is 0 Å². The first kappa shape index (κ1) is 9.00. The van der Waals surface area contributed by atoms with Crippen molar-refractivity contribution in [2.24, 2.45) is 4.99 Å². The SMILES string of the molecule is C=C1N=C(c2ccccc2)OC1(C)C. The number of hydrogen-bond donors (Lipinski definition) is 0. The van der Waals surface area contributed by atoms with E-state index in [-0.39, 0.29) is 5.60 Å². The molecule has 0 unspecified atom stereocenters. The van der Waals surface area contributed by atoms with Crippen molar-refractivity contribution in [1.29, 1.82) is 0 Å². The van der Waals surface area contributed by atoms with Crippen molar-refractivity contribution in [3.05, 3.63) is 48.2 Å². The topological polar surface area (TPSA) is 21.6 Å². The maximum Gasteiger partial charge on any atom is 0.222 e. The van der Waals surface area contributed by atoms with Crippen LogP contribution in [0.5, 0.6) is 0 Å². The van der Waals surface area contributed by atoms with Crippen LogP contribution in [0.15, 0.2) is 47.6 Å². The predicted molar refractivity (Wildman–Crippen MR) is 57.3 cm³/mol. The zero-order valence-electron chi connectivity index (χ0n) is 8.45. The highest BCUT2D eigenvalue weighted by Crippen LogP contribution is 2.29. The maximum atomic E-state index is 5.70. The van der Waals surface area contributed by atoms with Gasteiger partial charge in [-0.2, -0.15) is 0 Å². The van der Waals surface area contributed by atoms with E-state index in [0.717, 1.165) is 11.3 Å². The largest absolute Gasteiger partial charge is 0.465 e. The lowest BCUT2D eigenvalue weighted by Gasteiger charge is -2.18. The van der Waals surface area contributed by atoms with Crippen molar-refractivity contribution in [2.45, 2.75) is 19.4 Å². The van der Waals surface area contributed by atoms with E-state index < -0.39 is 0 Å². The van der Waals surface area contributed by atoms with Gasteiger partial charge in [-0.3, -0.25) is 0 Å². The van der Waals surface area contributed by atoms with Crippen LogP contribution in [0.25, 0.3) is 0 Å². The molecule has 0 N–H and O–H groups in total. The van der Waals surface area contributed by atoms with E-state index in [4.69, 9.17) is 4.74 Å². The number of benzene rings is 1. The highest BCUT2D eigenvalue weighted by Gasteiger charge is 2.32. The second-order valence-electron chi connectivity index (χ2n) is 3.84. The second kappa shape index (κ2) is 2.98. The fourth-order valence-corrected chi connectivity index (χ4v) is 1.28. The van der Waals surface area contributed by atoms with Crippen LogP contribution in [0.3, 0.4) is 0 Å². The van der Waals surface area contributed by atoms with Crippen LogP contribution in [0.1, 0.15) is 19.4 Å². The summed E-state index contributed by atoms with van der Waals surface area (Å²) in [6, 6.07) is 9.87. The van der Waals surface area contributed by atoms with Crippen molar-refractivity contribution >= 4 is 5.90 Å². The molecule has 1 aromatic rings. The smallest absolute Gasteiger partial charge is 0.222 e. The number of hydrogen-bond acceptors (Lipinski definition) is 2. The second-order valence-corrected chi connectivity index (χ2v) is 3.84. The molecule has 0 spiro atoms. The van der Waals surface area contributed by atoms with Crippen LogP contribution in [-0.4, -0.2) is 11.5 Å². The first-order chi connectivity index (χ1) is 6.59. The molecule has 2 rings (SSSR count). The standard InChI is InChI=1S/C12H13NO/c1-9-12(2,3)14-11(13-9)10-7-5-4-6-8-10/h4-8H,1H2,2-3H3. The Morgan fingerprint density at radius 1 is 1.21 bits per heavy atom. The maximum absolute atomic E-state index is 5.70. The van der Waals surface area contributed by atoms with Gasteiger partial charge >= 0.3 is 0 Å². The predicted octanol–water partition coefficient (Wildman–Crippen LogP) is 2.76. The fourth-order valence-electron chi connectivity index (χ4n) is 1.28. The molecule has 0 aromatic heterocycles. The Kier molecular flexibility index (Phi) is 1.92. The van der Waals surface area contributed by atoms with E-state index in [1.54, 1.807) is 0 Å². The summed E-state index contributed by atoms with van der Waals surface area (Å²) in [5, 5.41) is 0. The number of ether oxygens (including phenoxy) is 1. The third-order valence-electron chi connectivity index (χ3n) is 2.30. The molecule has 2 heteroatoms. The van der Waals surface area contributed by atoms with Gasteiger partial charge in [0.25, 0.3) is 0 Å². The van der Waals surface area contributed by atoms with Crippen molar-refractivity contribution in [3.8, 4) is 0 Å². The molecular weight excluding hydrogens is 174 g/mol. The summed E-state index contributed by atoms with van der Waals surface area (Å²) in [4.78, 5) is 4.31. The van der Waals surface area contributed by atoms with Gasteiger partial charge in [0.05, 0.1) is 5.70 Å². The first-order valence-electron chi connectivity index (χ1n) is 4.62. The van der Waals surface area contributed by atoms with Gasteiger partial charge in [0.1, 0.15) is 5.60 Å². The summed E-state index contributed by atoms with van der Waals surface area (Å²) in [7, 11) is 0. The van der Waals surface area contributed by atoms with Gasteiger partial charge in [0.2, 0.25) is 5.90 Å². The lowest BCUT2D eigenvalue weighted by atomic mass is 10.1. The molecule has 14 heavy (non-hydrogen) atoms. The third kappa shape index (κ3) is 1.43. The van der Waals surface area contributed by atoms with Gasteiger partial charge in [-0.1, -0.05) is 24.8 Å². The molecule has 72 valence electrons. The van der Waals surface area contributed by atoms with Crippen LogP contribution in [0.4, 0.5) is 0 Å². The number of aliphatic imine (C=N–C) groups is 1. The van der Waals surface area contributed by atoms with Crippen molar-refractivity contribution in [3.63, 3.8) is 0 Å². The Balaban J connectivity index is 2.33. The normalized spacial score (nSPS) is 19.0. The minimum atomic E-state index is -0.370. The summed E-state index contributed by atoms with van der Waals surface area (Å²) in [6.07, 6.45) is 0. The van der Waals surface area contributed by atoms with Gasteiger partial charge in [-0.05, 0) is 26.0 Å². The molecule has 0 radical (unpaired) electrons. The van der Waals surface area contributed by atoms with Crippen molar-refractivity contribution < 1.29 is 4.74 Å². The molecule has 0 saturated carbocycles. The van der Waals surface area contributed by atoms with E-state index >= 15 is 0 Å². The van der Waals surface area contributed by atoms with E-state index in [9.17, 15) is 0 Å². The minimum Gasteiger partial charge on any atom is -0.465 e. The molecule has 1 heterocycles. The summed E-state index contributed by atoms with van der Waals surface area (Å²) in [5.41, 5.74) is 1.40. The summed E-state index contributed by atoms with van der Waals surface area (Å²) < 4.78 is 5.70. The van der Waals surface area contributed by atoms with Gasteiger partial charge < -0.3 is 4.74 Å². The van der Waals surface area contributed by atoms with E-state index in [2.05, 4.69) is 11.6 Å². The summed E-state index contributed by atoms with van der Waals surface area (Å²) in [6.45, 7) is 7.80. The minimum absolute atomic E-state index is 0.370. The molecule has 0 atom stereocenters. The molecule has 1 aromatic carbocycles. The molecular formula is C12H13NO. The molecule has 2 nitrogen and oxygen atoms in total. The monoisotopic (exact) mass is 187 g/mol. The van der Waals surface area contributed by atoms with Crippen LogP contribution >= 0.6 is 0 Å². The van der Waals surface area contributed by atoms with Gasteiger partial charge in [-0.15, -0.1) is 0 Å². The van der Waals surface area contributed by atoms with Crippen molar-refractivity contribution in [2.75, 3.05) is 0 Å². The first-order valence-corrected chi connectivity index (χ1v) is 4.62. The lowest BCUT2D eigenvalue weighted by Crippen LogP contribution is -2.22. The zero-order valence-corrected chi connectivity index (χ0v) is 8.45. The van der Waals surface area contributed by atoms with Crippen molar-refractivity contribution in [1.82, 2.24) is 0 Å². The van der Waals surface area contributed by atoms with Gasteiger partial charge in [-0.25, -0.2) is 4.99 Å². The van der Waals surface area contributed by atoms with Crippen LogP contribution in [-0.2, 0) is 4.74 Å². The highest BCUT2D eigenvalue weighted by atomic mass is 16.5. The quantitative estimate of drug-likeness (QED) is 0.662. The molecule has 0 amide bonds. The fraction of sp³-hybridized carbons (Fsp3) is 0.250. The van der Waals surface area contributed by atoms with Crippen LogP contribution < -0.4 is 0 Å². The zero-order chi connectivity index (χ0) is 10.2. The Hall–Kier alpha value is -1.57. The summed E-state index contributed by atoms with van der Waals surface area (Å²) in [5.74, 6) is 0.667. The van der Waals surface area contributed by atoms with E-state index in [1.807, 2.05) is 44.2 Å². The third-order valence-corrected chi connectivity index (χ3v) is 2.30. The Morgan fingerprint density at radius 3 is 2.36 bits per heavy atom. The van der Waals surface area contributed by atoms with Crippen LogP contribution in [0, 0.1) is 0 Å². The lowest BCUT2D eigenvalue weighted by molar-refractivity contribution is 0.155. The highest BCUT2D eigenvalue weighted by molar-refractivity contribution is 5.96. The Labute approximate surface area is 83.9 Å². The average Bonchev–Trinajstić information content (AvgIpc) is 2.43. The Bertz CT molecular complexity index is 390. The average molecular weight is 187 g/mol. The summed E-state index contributed by atoms with van der Waals surface area (Å²) >= 11 is 0. The molecule has 0 aliphatic carbocycles. The molecule has 0 saturated heterocycles. The van der Waals surface area contributed by atoms with E-state index in [1.165, 1.54) is 0 Å². The van der Waals surface area contributed by atoms with Gasteiger partial charge in [0, 0.05) is 5.56 Å². The molecule has 1 aliphatic rings.